The molecule has 0 aliphatic heterocycles. The van der Waals surface area contributed by atoms with Crippen LogP contribution in [0.25, 0.3) is 11.0 Å². The topological polar surface area (TPSA) is 115 Å². The van der Waals surface area contributed by atoms with E-state index in [-0.39, 0.29) is 12.4 Å². The maximum absolute atomic E-state index is 11.1. The Morgan fingerprint density at radius 1 is 1.28 bits per heavy atom. The van der Waals surface area contributed by atoms with E-state index in [1.165, 1.54) is 0 Å². The third kappa shape index (κ3) is 4.96. The number of rotatable bonds is 10. The molecule has 4 N–H and O–H groups in total. The Balaban J connectivity index is 1.95. The van der Waals surface area contributed by atoms with Crippen LogP contribution in [0.5, 0.6) is 5.75 Å². The monoisotopic (exact) mass is 397 g/mol. The van der Waals surface area contributed by atoms with Crippen LogP contribution in [0, 0.1) is 0 Å². The van der Waals surface area contributed by atoms with Gasteiger partial charge in [-0.1, -0.05) is 25.8 Å². The number of carbonyl (C=O) groups is 1. The number of hydrogen-bond acceptors (Lipinski definition) is 6. The van der Waals surface area contributed by atoms with Crippen LogP contribution < -0.4 is 15.8 Å². The molecule has 3 aromatic rings. The number of methoxy groups -OCH3 is 1. The first-order chi connectivity index (χ1) is 14.0. The second kappa shape index (κ2) is 9.27. The Morgan fingerprint density at radius 3 is 2.83 bits per heavy atom. The van der Waals surface area contributed by atoms with Gasteiger partial charge in [0.25, 0.3) is 0 Å². The summed E-state index contributed by atoms with van der Waals surface area (Å²) in [7, 11) is 1.61. The lowest BCUT2D eigenvalue weighted by molar-refractivity contribution is -0.136. The van der Waals surface area contributed by atoms with Gasteiger partial charge in [0, 0.05) is 18.3 Å². The summed E-state index contributed by atoms with van der Waals surface area (Å²) in [6.45, 7) is 3.47. The first-order valence-corrected chi connectivity index (χ1v) is 9.75. The second-order valence-electron chi connectivity index (χ2n) is 6.96. The van der Waals surface area contributed by atoms with E-state index in [0.717, 1.165) is 48.0 Å². The summed E-state index contributed by atoms with van der Waals surface area (Å²) in [5.41, 5.74) is 9.12. The van der Waals surface area contributed by atoms with Gasteiger partial charge in [-0.3, -0.25) is 4.79 Å². The lowest BCUT2D eigenvalue weighted by Crippen LogP contribution is -2.10. The van der Waals surface area contributed by atoms with Gasteiger partial charge in [0.1, 0.15) is 11.3 Å². The van der Waals surface area contributed by atoms with Crippen molar-refractivity contribution >= 4 is 28.8 Å². The predicted molar refractivity (Wildman–Crippen MR) is 113 cm³/mol. The van der Waals surface area contributed by atoms with Crippen molar-refractivity contribution in [2.45, 2.75) is 39.2 Å². The van der Waals surface area contributed by atoms with Gasteiger partial charge in [-0.05, 0) is 30.2 Å². The van der Waals surface area contributed by atoms with Crippen LogP contribution in [0.4, 0.5) is 11.8 Å². The fourth-order valence-corrected chi connectivity index (χ4v) is 3.39. The second-order valence-corrected chi connectivity index (χ2v) is 6.96. The number of anilines is 2. The van der Waals surface area contributed by atoms with Crippen molar-refractivity contribution in [3.8, 4) is 5.75 Å². The Bertz CT molecular complexity index is 999. The van der Waals surface area contributed by atoms with Crippen molar-refractivity contribution in [1.82, 2.24) is 14.5 Å². The van der Waals surface area contributed by atoms with Crippen LogP contribution in [0.3, 0.4) is 0 Å². The molecule has 29 heavy (non-hydrogen) atoms. The molecule has 8 nitrogen and oxygen atoms in total. The molecule has 3 rings (SSSR count). The molecule has 2 heterocycles. The summed E-state index contributed by atoms with van der Waals surface area (Å²) >= 11 is 0. The Morgan fingerprint density at radius 2 is 2.10 bits per heavy atom. The van der Waals surface area contributed by atoms with Gasteiger partial charge in [-0.2, -0.15) is 4.98 Å². The zero-order valence-electron chi connectivity index (χ0n) is 16.8. The number of aliphatic carboxylic acids is 1. The number of benzene rings is 1. The number of nitrogens with two attached hydrogens (primary N) is 1. The number of nitrogens with one attached hydrogen (secondary N) is 1. The molecule has 0 unspecified atom stereocenters. The molecule has 1 aromatic carbocycles. The normalized spacial score (nSPS) is 11.0. The van der Waals surface area contributed by atoms with Crippen LogP contribution in [0.2, 0.25) is 0 Å². The molecular formula is C21H27N5O3. The summed E-state index contributed by atoms with van der Waals surface area (Å²) in [5, 5.41) is 12.5. The molecule has 154 valence electrons. The van der Waals surface area contributed by atoms with E-state index in [0.29, 0.717) is 18.1 Å². The van der Waals surface area contributed by atoms with Crippen LogP contribution in [0.15, 0.2) is 30.5 Å². The van der Waals surface area contributed by atoms with Crippen molar-refractivity contribution in [2.75, 3.05) is 24.7 Å². The van der Waals surface area contributed by atoms with Gasteiger partial charge in [0.15, 0.2) is 5.82 Å². The summed E-state index contributed by atoms with van der Waals surface area (Å²) in [4.78, 5) is 19.8. The number of hydrogen-bond donors (Lipinski definition) is 3. The minimum atomic E-state index is -0.866. The molecule has 0 atom stereocenters. The minimum Gasteiger partial charge on any atom is -0.496 e. The number of aromatic nitrogens is 3. The Hall–Kier alpha value is -3.29. The molecule has 0 aliphatic rings. The SMILES string of the molecule is CCCCCNc1nc(N)nc2ccn(Cc3cc(CC(=O)O)ccc3OC)c12. The maximum Gasteiger partial charge on any atom is 0.307 e. The highest BCUT2D eigenvalue weighted by atomic mass is 16.5. The molecule has 2 aromatic heterocycles. The molecule has 0 saturated heterocycles. The van der Waals surface area contributed by atoms with Gasteiger partial charge in [0.05, 0.1) is 25.6 Å². The molecule has 0 aliphatic carbocycles. The van der Waals surface area contributed by atoms with Crippen LogP contribution in [0.1, 0.15) is 37.3 Å². The highest BCUT2D eigenvalue weighted by Crippen LogP contribution is 2.27. The summed E-state index contributed by atoms with van der Waals surface area (Å²) in [5.74, 6) is 0.772. The first-order valence-electron chi connectivity index (χ1n) is 9.75. The molecule has 0 bridgehead atoms. The van der Waals surface area contributed by atoms with Crippen molar-refractivity contribution in [3.05, 3.63) is 41.6 Å². The quantitative estimate of drug-likeness (QED) is 0.450. The summed E-state index contributed by atoms with van der Waals surface area (Å²) in [6, 6.07) is 7.34. The number of nitrogens with zero attached hydrogens (tertiary/aromatic N) is 3. The number of carboxylic acids is 1. The number of fused-ring (bicyclic) bond motifs is 1. The van der Waals surface area contributed by atoms with E-state index in [2.05, 4.69) is 22.2 Å². The van der Waals surface area contributed by atoms with Crippen molar-refractivity contribution in [2.24, 2.45) is 0 Å². The number of nitrogen functional groups attached to an aromatic ring is 1. The number of unbranched alkanes of at least 4 members (excludes halogenated alkanes) is 2. The number of ether oxygens (including phenoxy) is 1. The average Bonchev–Trinajstić information content (AvgIpc) is 3.07. The summed E-state index contributed by atoms with van der Waals surface area (Å²) < 4.78 is 7.51. The van der Waals surface area contributed by atoms with Crippen molar-refractivity contribution in [1.29, 1.82) is 0 Å². The van der Waals surface area contributed by atoms with Crippen molar-refractivity contribution < 1.29 is 14.6 Å². The standard InChI is InChI=1S/C21H27N5O3/c1-3-4-5-9-23-20-19-16(24-21(22)25-20)8-10-26(19)13-15-11-14(12-18(27)28)6-7-17(15)29-2/h6-8,10-11H,3-5,9,12-13H2,1-2H3,(H,27,28)(H3,22,23,24,25). The van der Waals surface area contributed by atoms with Gasteiger partial charge >= 0.3 is 5.97 Å². The maximum atomic E-state index is 11.1. The minimum absolute atomic E-state index is 0.0344. The molecular weight excluding hydrogens is 370 g/mol. The molecule has 0 saturated carbocycles. The van der Waals surface area contributed by atoms with E-state index in [1.54, 1.807) is 19.2 Å². The van der Waals surface area contributed by atoms with E-state index in [1.807, 2.05) is 22.9 Å². The highest BCUT2D eigenvalue weighted by molar-refractivity contribution is 5.87. The zero-order chi connectivity index (χ0) is 20.8. The van der Waals surface area contributed by atoms with Gasteiger partial charge < -0.3 is 25.5 Å². The van der Waals surface area contributed by atoms with Gasteiger partial charge in [-0.25, -0.2) is 4.98 Å². The van der Waals surface area contributed by atoms with Crippen molar-refractivity contribution in [3.63, 3.8) is 0 Å². The number of carboxylic acid groups (broad SMARTS) is 1. The third-order valence-corrected chi connectivity index (χ3v) is 4.74. The Labute approximate surface area is 169 Å². The first kappa shape index (κ1) is 20.4. The molecule has 0 fully saturated rings. The fourth-order valence-electron chi connectivity index (χ4n) is 3.39. The van der Waals surface area contributed by atoms with Crippen LogP contribution in [-0.4, -0.2) is 39.3 Å². The van der Waals surface area contributed by atoms with Crippen LogP contribution in [-0.2, 0) is 17.8 Å². The van der Waals surface area contributed by atoms with E-state index in [4.69, 9.17) is 15.6 Å². The molecule has 0 spiro atoms. The predicted octanol–water partition coefficient (Wildman–Crippen LogP) is 3.30. The van der Waals surface area contributed by atoms with E-state index >= 15 is 0 Å². The zero-order valence-corrected chi connectivity index (χ0v) is 16.8. The van der Waals surface area contributed by atoms with E-state index < -0.39 is 5.97 Å². The highest BCUT2D eigenvalue weighted by Gasteiger charge is 2.14. The molecule has 8 heteroatoms. The largest absolute Gasteiger partial charge is 0.496 e. The molecule has 0 amide bonds. The molecule has 0 radical (unpaired) electrons. The summed E-state index contributed by atoms with van der Waals surface area (Å²) in [6.07, 6.45) is 5.23. The fraction of sp³-hybridized carbons (Fsp3) is 0.381. The smallest absolute Gasteiger partial charge is 0.307 e. The van der Waals surface area contributed by atoms with Gasteiger partial charge in [-0.15, -0.1) is 0 Å². The lowest BCUT2D eigenvalue weighted by atomic mass is 10.1. The third-order valence-electron chi connectivity index (χ3n) is 4.74. The average molecular weight is 397 g/mol. The Kier molecular flexibility index (Phi) is 6.54. The van der Waals surface area contributed by atoms with Gasteiger partial charge in [0.2, 0.25) is 5.95 Å². The lowest BCUT2D eigenvalue weighted by Gasteiger charge is -2.14. The van der Waals surface area contributed by atoms with E-state index in [9.17, 15) is 4.79 Å². The van der Waals surface area contributed by atoms with Crippen LogP contribution >= 0.6 is 0 Å².